The summed E-state index contributed by atoms with van der Waals surface area (Å²) in [5.41, 5.74) is 1.74. The van der Waals surface area contributed by atoms with E-state index < -0.39 is 0 Å². The first-order chi connectivity index (χ1) is 8.86. The van der Waals surface area contributed by atoms with Gasteiger partial charge < -0.3 is 5.32 Å². The molecule has 0 aliphatic carbocycles. The molecule has 18 heavy (non-hydrogen) atoms. The third kappa shape index (κ3) is 1.98. The summed E-state index contributed by atoms with van der Waals surface area (Å²) in [6.07, 6.45) is 6.50. The second-order valence-corrected chi connectivity index (χ2v) is 6.23. The molecule has 1 aliphatic rings. The zero-order chi connectivity index (χ0) is 12.4. The molecule has 0 bridgehead atoms. The highest BCUT2D eigenvalue weighted by Crippen LogP contribution is 2.38. The second kappa shape index (κ2) is 5.02. The fourth-order valence-corrected chi connectivity index (χ4v) is 4.25. The number of rotatable bonds is 2. The van der Waals surface area contributed by atoms with Crippen molar-refractivity contribution in [3.8, 4) is 0 Å². The van der Waals surface area contributed by atoms with E-state index >= 15 is 0 Å². The van der Waals surface area contributed by atoms with Gasteiger partial charge >= 0.3 is 0 Å². The second-order valence-electron chi connectivity index (χ2n) is 5.32. The number of fused-ring (bicyclic) bond motifs is 1. The average Bonchev–Trinajstić information content (AvgIpc) is 2.76. The molecule has 2 heteroatoms. The summed E-state index contributed by atoms with van der Waals surface area (Å²) in [7, 11) is 0. The standard InChI is InChI=1S/C16H21NS/c1-2-16(10-4-3-5-11-17-16)14-8-6-7-13-9-12-18-15(13)14/h6-9,12,17H,2-5,10-11H2,1H3. The SMILES string of the molecule is CCC1(c2cccc3ccsc23)CCCCCN1. The van der Waals surface area contributed by atoms with Gasteiger partial charge in [-0.1, -0.05) is 38.0 Å². The summed E-state index contributed by atoms with van der Waals surface area (Å²) < 4.78 is 1.48. The van der Waals surface area contributed by atoms with E-state index in [0.717, 1.165) is 6.54 Å². The van der Waals surface area contributed by atoms with Gasteiger partial charge in [-0.3, -0.25) is 0 Å². The van der Waals surface area contributed by atoms with Gasteiger partial charge in [0.05, 0.1) is 0 Å². The highest BCUT2D eigenvalue weighted by atomic mass is 32.1. The van der Waals surface area contributed by atoms with Crippen LogP contribution in [0.4, 0.5) is 0 Å². The lowest BCUT2D eigenvalue weighted by Gasteiger charge is -2.34. The zero-order valence-corrected chi connectivity index (χ0v) is 11.9. The number of thiophene rings is 1. The van der Waals surface area contributed by atoms with Crippen molar-refractivity contribution in [2.75, 3.05) is 6.54 Å². The third-order valence-corrected chi connectivity index (χ3v) is 5.31. The molecule has 96 valence electrons. The van der Waals surface area contributed by atoms with Crippen molar-refractivity contribution >= 4 is 21.4 Å². The van der Waals surface area contributed by atoms with Crippen LogP contribution in [0.5, 0.6) is 0 Å². The molecule has 0 radical (unpaired) electrons. The quantitative estimate of drug-likeness (QED) is 0.826. The van der Waals surface area contributed by atoms with Gasteiger partial charge in [0.15, 0.2) is 0 Å². The van der Waals surface area contributed by atoms with Gasteiger partial charge in [0.25, 0.3) is 0 Å². The van der Waals surface area contributed by atoms with Gasteiger partial charge in [0.1, 0.15) is 0 Å². The molecule has 1 atom stereocenters. The fraction of sp³-hybridized carbons (Fsp3) is 0.500. The van der Waals surface area contributed by atoms with Gasteiger partial charge in [-0.2, -0.15) is 0 Å². The number of hydrogen-bond acceptors (Lipinski definition) is 2. The van der Waals surface area contributed by atoms with E-state index in [1.54, 1.807) is 0 Å². The zero-order valence-electron chi connectivity index (χ0n) is 11.0. The van der Waals surface area contributed by atoms with Crippen molar-refractivity contribution in [1.82, 2.24) is 5.32 Å². The smallest absolute Gasteiger partial charge is 0.0446 e. The molecule has 1 fully saturated rings. The first-order valence-electron chi connectivity index (χ1n) is 7.07. The molecule has 2 aromatic rings. The van der Waals surface area contributed by atoms with E-state index in [4.69, 9.17) is 0 Å². The average molecular weight is 259 g/mol. The van der Waals surface area contributed by atoms with Crippen LogP contribution in [0.3, 0.4) is 0 Å². The van der Waals surface area contributed by atoms with Gasteiger partial charge in [-0.05, 0) is 48.2 Å². The summed E-state index contributed by atoms with van der Waals surface area (Å²) in [5.74, 6) is 0. The minimum Gasteiger partial charge on any atom is -0.307 e. The molecular formula is C16H21NS. The van der Waals surface area contributed by atoms with Crippen LogP contribution >= 0.6 is 11.3 Å². The Morgan fingerprint density at radius 2 is 2.17 bits per heavy atom. The molecule has 1 nitrogen and oxygen atoms in total. The Balaban J connectivity index is 2.12. The lowest BCUT2D eigenvalue weighted by atomic mass is 9.83. The van der Waals surface area contributed by atoms with Crippen molar-refractivity contribution in [2.45, 2.75) is 44.6 Å². The van der Waals surface area contributed by atoms with Gasteiger partial charge in [-0.25, -0.2) is 0 Å². The number of hydrogen-bond donors (Lipinski definition) is 1. The molecule has 1 saturated heterocycles. The molecule has 1 aromatic heterocycles. The van der Waals surface area contributed by atoms with Gasteiger partial charge in [-0.15, -0.1) is 11.3 Å². The van der Waals surface area contributed by atoms with E-state index in [1.165, 1.54) is 47.8 Å². The minimum absolute atomic E-state index is 0.209. The van der Waals surface area contributed by atoms with E-state index in [2.05, 4.69) is 41.9 Å². The van der Waals surface area contributed by atoms with Gasteiger partial charge in [0.2, 0.25) is 0 Å². The molecule has 1 unspecified atom stereocenters. The van der Waals surface area contributed by atoms with Crippen LogP contribution in [0.25, 0.3) is 10.1 Å². The Morgan fingerprint density at radius 1 is 1.22 bits per heavy atom. The van der Waals surface area contributed by atoms with Crippen LogP contribution in [-0.2, 0) is 5.54 Å². The number of benzene rings is 1. The Morgan fingerprint density at radius 3 is 3.06 bits per heavy atom. The lowest BCUT2D eigenvalue weighted by molar-refractivity contribution is 0.315. The van der Waals surface area contributed by atoms with Crippen LogP contribution < -0.4 is 5.32 Å². The monoisotopic (exact) mass is 259 g/mol. The number of nitrogens with one attached hydrogen (secondary N) is 1. The van der Waals surface area contributed by atoms with Crippen LogP contribution in [0, 0.1) is 0 Å². The molecule has 0 spiro atoms. The first-order valence-corrected chi connectivity index (χ1v) is 7.95. The minimum atomic E-state index is 0.209. The lowest BCUT2D eigenvalue weighted by Crippen LogP contribution is -2.41. The first kappa shape index (κ1) is 12.2. The Labute approximate surface area is 113 Å². The summed E-state index contributed by atoms with van der Waals surface area (Å²) in [6.45, 7) is 3.49. The molecular weight excluding hydrogens is 238 g/mol. The van der Waals surface area contributed by atoms with Crippen molar-refractivity contribution in [3.05, 3.63) is 35.2 Å². The maximum absolute atomic E-state index is 3.85. The van der Waals surface area contributed by atoms with E-state index in [1.807, 2.05) is 11.3 Å². The van der Waals surface area contributed by atoms with E-state index in [-0.39, 0.29) is 5.54 Å². The molecule has 1 aromatic carbocycles. The maximum Gasteiger partial charge on any atom is 0.0446 e. The molecule has 3 rings (SSSR count). The van der Waals surface area contributed by atoms with Crippen LogP contribution in [0.2, 0.25) is 0 Å². The Kier molecular flexibility index (Phi) is 3.40. The highest BCUT2D eigenvalue weighted by molar-refractivity contribution is 7.17. The van der Waals surface area contributed by atoms with Crippen LogP contribution in [-0.4, -0.2) is 6.54 Å². The predicted molar refractivity (Wildman–Crippen MR) is 80.3 cm³/mol. The normalized spacial score (nSPS) is 25.2. The largest absolute Gasteiger partial charge is 0.307 e. The molecule has 2 heterocycles. The maximum atomic E-state index is 3.85. The van der Waals surface area contributed by atoms with E-state index in [9.17, 15) is 0 Å². The predicted octanol–water partition coefficient (Wildman–Crippen LogP) is 4.67. The van der Waals surface area contributed by atoms with E-state index in [0.29, 0.717) is 0 Å². The molecule has 0 amide bonds. The van der Waals surface area contributed by atoms with Crippen LogP contribution in [0.15, 0.2) is 29.6 Å². The summed E-state index contributed by atoms with van der Waals surface area (Å²) in [6, 6.07) is 9.02. The summed E-state index contributed by atoms with van der Waals surface area (Å²) in [5, 5.41) is 7.47. The van der Waals surface area contributed by atoms with Crippen molar-refractivity contribution in [2.24, 2.45) is 0 Å². The fourth-order valence-electron chi connectivity index (χ4n) is 3.24. The molecule has 0 saturated carbocycles. The molecule has 1 N–H and O–H groups in total. The van der Waals surface area contributed by atoms with Gasteiger partial charge in [0, 0.05) is 10.2 Å². The van der Waals surface area contributed by atoms with Crippen LogP contribution in [0.1, 0.15) is 44.6 Å². The topological polar surface area (TPSA) is 12.0 Å². The van der Waals surface area contributed by atoms with Crippen molar-refractivity contribution < 1.29 is 0 Å². The molecule has 1 aliphatic heterocycles. The highest BCUT2D eigenvalue weighted by Gasteiger charge is 2.32. The van der Waals surface area contributed by atoms with Crippen molar-refractivity contribution in [1.29, 1.82) is 0 Å². The van der Waals surface area contributed by atoms with Crippen molar-refractivity contribution in [3.63, 3.8) is 0 Å². The Hall–Kier alpha value is -0.860. The third-order valence-electron chi connectivity index (χ3n) is 4.34. The summed E-state index contributed by atoms with van der Waals surface area (Å²) >= 11 is 1.89. The summed E-state index contributed by atoms with van der Waals surface area (Å²) in [4.78, 5) is 0. The Bertz CT molecular complexity index is 521.